The van der Waals surface area contributed by atoms with E-state index in [0.717, 1.165) is 29.3 Å². The van der Waals surface area contributed by atoms with Crippen molar-refractivity contribution >= 4 is 5.91 Å². The van der Waals surface area contributed by atoms with Gasteiger partial charge >= 0.3 is 0 Å². The number of aromatic hydroxyl groups is 1. The number of aliphatic hydroxyl groups excluding tert-OH is 1. The van der Waals surface area contributed by atoms with Crippen molar-refractivity contribution in [3.8, 4) is 11.5 Å². The number of benzene rings is 3. The van der Waals surface area contributed by atoms with Gasteiger partial charge in [-0.2, -0.15) is 0 Å². The predicted molar refractivity (Wildman–Crippen MR) is 125 cm³/mol. The SMILES string of the molecule is COc1cccc(CNC[C@H](O)[C@H](Cc2cc(F)cc(F)c2)NC(=O)c2cc(C)ccc2O)c1. The van der Waals surface area contributed by atoms with Crippen LogP contribution in [0.1, 0.15) is 27.0 Å². The molecule has 0 fully saturated rings. The van der Waals surface area contributed by atoms with Crippen LogP contribution in [-0.4, -0.2) is 41.9 Å². The van der Waals surface area contributed by atoms with E-state index in [4.69, 9.17) is 4.74 Å². The number of carbonyl (C=O) groups is 1. The number of amides is 1. The number of aryl methyl sites for hydroxylation is 1. The summed E-state index contributed by atoms with van der Waals surface area (Å²) in [5.41, 5.74) is 2.03. The molecule has 0 aliphatic carbocycles. The van der Waals surface area contributed by atoms with Crippen LogP contribution in [0.3, 0.4) is 0 Å². The molecule has 0 spiro atoms. The van der Waals surface area contributed by atoms with Crippen molar-refractivity contribution in [3.05, 3.63) is 94.6 Å². The fraction of sp³-hybridized carbons (Fsp3) is 0.269. The molecule has 2 atom stereocenters. The summed E-state index contributed by atoms with van der Waals surface area (Å²) in [4.78, 5) is 12.9. The molecular formula is C26H28F2N2O4. The molecule has 6 nitrogen and oxygen atoms in total. The fourth-order valence-corrected chi connectivity index (χ4v) is 3.63. The van der Waals surface area contributed by atoms with Crippen molar-refractivity contribution in [3.63, 3.8) is 0 Å². The van der Waals surface area contributed by atoms with E-state index in [9.17, 15) is 23.8 Å². The van der Waals surface area contributed by atoms with Gasteiger partial charge < -0.3 is 25.6 Å². The van der Waals surface area contributed by atoms with Crippen LogP contribution < -0.4 is 15.4 Å². The van der Waals surface area contributed by atoms with Gasteiger partial charge in [0, 0.05) is 19.2 Å². The zero-order valence-electron chi connectivity index (χ0n) is 19.0. The average Bonchev–Trinajstić information content (AvgIpc) is 2.79. The Labute approximate surface area is 197 Å². The number of nitrogens with one attached hydrogen (secondary N) is 2. The summed E-state index contributed by atoms with van der Waals surface area (Å²) in [6.45, 7) is 2.31. The Morgan fingerprint density at radius 3 is 2.47 bits per heavy atom. The van der Waals surface area contributed by atoms with E-state index in [0.29, 0.717) is 12.3 Å². The zero-order chi connectivity index (χ0) is 24.7. The van der Waals surface area contributed by atoms with Gasteiger partial charge in [0.2, 0.25) is 0 Å². The van der Waals surface area contributed by atoms with Crippen molar-refractivity contribution in [1.82, 2.24) is 10.6 Å². The van der Waals surface area contributed by atoms with Crippen molar-refractivity contribution < 1.29 is 28.5 Å². The third-order valence-corrected chi connectivity index (χ3v) is 5.37. The molecular weight excluding hydrogens is 442 g/mol. The second kappa shape index (κ2) is 11.6. The number of phenols is 1. The number of hydrogen-bond acceptors (Lipinski definition) is 5. The van der Waals surface area contributed by atoms with E-state index in [2.05, 4.69) is 10.6 Å². The fourth-order valence-electron chi connectivity index (χ4n) is 3.63. The summed E-state index contributed by atoms with van der Waals surface area (Å²) in [6.07, 6.45) is -1.11. The first-order chi connectivity index (χ1) is 16.2. The molecule has 0 aliphatic heterocycles. The van der Waals surface area contributed by atoms with E-state index in [1.807, 2.05) is 24.3 Å². The van der Waals surface area contributed by atoms with Crippen LogP contribution in [0.2, 0.25) is 0 Å². The van der Waals surface area contributed by atoms with Gasteiger partial charge in [-0.1, -0.05) is 23.8 Å². The first-order valence-electron chi connectivity index (χ1n) is 10.8. The summed E-state index contributed by atoms with van der Waals surface area (Å²) < 4.78 is 32.6. The molecule has 0 saturated carbocycles. The predicted octanol–water partition coefficient (Wildman–Crippen LogP) is 3.48. The number of rotatable bonds is 10. The van der Waals surface area contributed by atoms with Gasteiger partial charge in [0.05, 0.1) is 24.8 Å². The summed E-state index contributed by atoms with van der Waals surface area (Å²) in [5.74, 6) is -1.60. The van der Waals surface area contributed by atoms with Crippen LogP contribution >= 0.6 is 0 Å². The molecule has 0 aliphatic rings. The van der Waals surface area contributed by atoms with Gasteiger partial charge in [-0.3, -0.25) is 4.79 Å². The zero-order valence-corrected chi connectivity index (χ0v) is 19.0. The molecule has 3 rings (SSSR count). The van der Waals surface area contributed by atoms with Crippen molar-refractivity contribution in [2.45, 2.75) is 32.0 Å². The van der Waals surface area contributed by atoms with E-state index in [1.165, 1.54) is 12.1 Å². The van der Waals surface area contributed by atoms with Crippen LogP contribution in [0.5, 0.6) is 11.5 Å². The number of methoxy groups -OCH3 is 1. The van der Waals surface area contributed by atoms with Gasteiger partial charge in [-0.25, -0.2) is 8.78 Å². The number of hydrogen-bond donors (Lipinski definition) is 4. The summed E-state index contributed by atoms with van der Waals surface area (Å²) in [6, 6.07) is 14.2. The first kappa shape index (κ1) is 25.1. The largest absolute Gasteiger partial charge is 0.507 e. The Balaban J connectivity index is 1.74. The maximum absolute atomic E-state index is 13.7. The molecule has 4 N–H and O–H groups in total. The third-order valence-electron chi connectivity index (χ3n) is 5.37. The smallest absolute Gasteiger partial charge is 0.255 e. The van der Waals surface area contributed by atoms with Gasteiger partial charge in [-0.05, 0) is 60.9 Å². The van der Waals surface area contributed by atoms with E-state index in [1.54, 1.807) is 20.1 Å². The Morgan fingerprint density at radius 1 is 1.03 bits per heavy atom. The van der Waals surface area contributed by atoms with E-state index >= 15 is 0 Å². The number of phenolic OH excluding ortho intramolecular Hbond substituents is 1. The monoisotopic (exact) mass is 470 g/mol. The minimum absolute atomic E-state index is 0.0188. The average molecular weight is 471 g/mol. The highest BCUT2D eigenvalue weighted by molar-refractivity contribution is 5.97. The van der Waals surface area contributed by atoms with Gasteiger partial charge in [-0.15, -0.1) is 0 Å². The quantitative estimate of drug-likeness (QED) is 0.364. The summed E-state index contributed by atoms with van der Waals surface area (Å²) >= 11 is 0. The number of carbonyl (C=O) groups excluding carboxylic acids is 1. The molecule has 180 valence electrons. The second-order valence-corrected chi connectivity index (χ2v) is 8.13. The van der Waals surface area contributed by atoms with Crippen LogP contribution in [0, 0.1) is 18.6 Å². The lowest BCUT2D eigenvalue weighted by Crippen LogP contribution is -2.48. The standard InChI is InChI=1S/C26H28F2N2O4/c1-16-6-7-24(31)22(8-16)26(33)30-23(12-18-9-19(27)13-20(28)10-18)25(32)15-29-14-17-4-3-5-21(11-17)34-2/h3-11,13,23,25,29,31-32H,12,14-15H2,1-2H3,(H,30,33)/t23-,25-/m0/s1. The maximum atomic E-state index is 13.7. The normalized spacial score (nSPS) is 12.7. The number of aliphatic hydroxyl groups is 1. The number of ether oxygens (including phenoxy) is 1. The van der Waals surface area contributed by atoms with Crippen LogP contribution in [0.25, 0.3) is 0 Å². The maximum Gasteiger partial charge on any atom is 0.255 e. The molecule has 0 radical (unpaired) electrons. The highest BCUT2D eigenvalue weighted by Crippen LogP contribution is 2.19. The molecule has 0 heterocycles. The molecule has 0 aromatic heterocycles. The van der Waals surface area contributed by atoms with E-state index in [-0.39, 0.29) is 29.8 Å². The highest BCUT2D eigenvalue weighted by atomic mass is 19.1. The van der Waals surface area contributed by atoms with Crippen LogP contribution in [0.4, 0.5) is 8.78 Å². The van der Waals surface area contributed by atoms with Gasteiger partial charge in [0.25, 0.3) is 5.91 Å². The lowest BCUT2D eigenvalue weighted by Gasteiger charge is -2.25. The molecule has 8 heteroatoms. The Bertz CT molecular complexity index is 1120. The van der Waals surface area contributed by atoms with E-state index < -0.39 is 29.7 Å². The Morgan fingerprint density at radius 2 is 1.76 bits per heavy atom. The molecule has 0 bridgehead atoms. The molecule has 3 aromatic rings. The molecule has 3 aromatic carbocycles. The molecule has 1 amide bonds. The Hall–Kier alpha value is -3.49. The topological polar surface area (TPSA) is 90.8 Å². The summed E-state index contributed by atoms with van der Waals surface area (Å²) in [7, 11) is 1.57. The highest BCUT2D eigenvalue weighted by Gasteiger charge is 2.24. The van der Waals surface area contributed by atoms with Gasteiger partial charge in [0.15, 0.2) is 0 Å². The molecule has 34 heavy (non-hydrogen) atoms. The summed E-state index contributed by atoms with van der Waals surface area (Å²) in [5, 5.41) is 26.8. The Kier molecular flexibility index (Phi) is 8.56. The number of halogens is 2. The van der Waals surface area contributed by atoms with Crippen LogP contribution in [0.15, 0.2) is 60.7 Å². The lowest BCUT2D eigenvalue weighted by atomic mass is 9.99. The molecule has 0 saturated heterocycles. The minimum atomic E-state index is -1.09. The first-order valence-corrected chi connectivity index (χ1v) is 10.8. The third kappa shape index (κ3) is 7.00. The van der Waals surface area contributed by atoms with Crippen molar-refractivity contribution in [2.75, 3.05) is 13.7 Å². The minimum Gasteiger partial charge on any atom is -0.507 e. The van der Waals surface area contributed by atoms with Gasteiger partial charge in [0.1, 0.15) is 23.1 Å². The van der Waals surface area contributed by atoms with Crippen LogP contribution in [-0.2, 0) is 13.0 Å². The van der Waals surface area contributed by atoms with Crippen molar-refractivity contribution in [1.29, 1.82) is 0 Å². The lowest BCUT2D eigenvalue weighted by molar-refractivity contribution is 0.0827. The van der Waals surface area contributed by atoms with Crippen molar-refractivity contribution in [2.24, 2.45) is 0 Å². The second-order valence-electron chi connectivity index (χ2n) is 8.13. The molecule has 0 unspecified atom stereocenters.